The van der Waals surface area contributed by atoms with Crippen LogP contribution in [-0.4, -0.2) is 0 Å². The second-order valence-electron chi connectivity index (χ2n) is 19.1. The highest BCUT2D eigenvalue weighted by molar-refractivity contribution is 6.33. The van der Waals surface area contributed by atoms with E-state index in [9.17, 15) is 26.3 Å². The fraction of sp³-hybridized carbons (Fsp3) is 0.0294. The molecule has 2 nitrogen and oxygen atoms in total. The van der Waals surface area contributed by atoms with Crippen molar-refractivity contribution >= 4 is 98.8 Å². The molecule has 76 heavy (non-hydrogen) atoms. The highest BCUT2D eigenvalue weighted by atomic mass is 19.4. The maximum Gasteiger partial charge on any atom is 0.416 e. The molecule has 0 aromatic heterocycles. The van der Waals surface area contributed by atoms with E-state index in [1.54, 1.807) is 12.1 Å². The lowest BCUT2D eigenvalue weighted by molar-refractivity contribution is -0.138. The van der Waals surface area contributed by atoms with Crippen molar-refractivity contribution in [3.05, 3.63) is 266 Å². The lowest BCUT2D eigenvalue weighted by Gasteiger charge is -2.26. The number of para-hydroxylation sites is 4. The quantitative estimate of drug-likeness (QED) is 0.0850. The molecule has 0 atom stereocenters. The zero-order chi connectivity index (χ0) is 51.7. The second kappa shape index (κ2) is 18.2. The Morgan fingerprint density at radius 2 is 0.474 bits per heavy atom. The van der Waals surface area contributed by atoms with Gasteiger partial charge in [-0.1, -0.05) is 133 Å². The normalized spacial score (nSPS) is 12.1. The highest BCUT2D eigenvalue weighted by Crippen LogP contribution is 2.48. The van der Waals surface area contributed by atoms with Crippen LogP contribution < -0.4 is 9.80 Å². The molecule has 0 heterocycles. The number of hydrogen-bond acceptors (Lipinski definition) is 2. The molecule has 0 N–H and O–H groups in total. The van der Waals surface area contributed by atoms with Crippen molar-refractivity contribution in [2.24, 2.45) is 0 Å². The summed E-state index contributed by atoms with van der Waals surface area (Å²) in [7, 11) is 0. The van der Waals surface area contributed by atoms with Crippen molar-refractivity contribution in [1.29, 1.82) is 0 Å². The summed E-state index contributed by atoms with van der Waals surface area (Å²) in [6.45, 7) is 0. The summed E-state index contributed by atoms with van der Waals surface area (Å²) < 4.78 is 85.1. The van der Waals surface area contributed by atoms with E-state index in [4.69, 9.17) is 0 Å². The van der Waals surface area contributed by atoms with Crippen LogP contribution in [0.5, 0.6) is 0 Å². The Labute approximate surface area is 433 Å². The molecule has 0 radical (unpaired) electrons. The summed E-state index contributed by atoms with van der Waals surface area (Å²) in [6, 6.07) is 80.5. The van der Waals surface area contributed by atoms with E-state index in [1.165, 1.54) is 24.3 Å². The van der Waals surface area contributed by atoms with Gasteiger partial charge in [0.15, 0.2) is 0 Å². The van der Waals surface area contributed by atoms with Gasteiger partial charge in [0.05, 0.1) is 11.1 Å². The molecule has 0 amide bonds. The first kappa shape index (κ1) is 46.4. The Kier molecular flexibility index (Phi) is 11.1. The molecule has 0 saturated carbocycles. The monoisotopic (exact) mass is 1000 g/mol. The number of fused-ring (bicyclic) bond motifs is 12. The van der Waals surface area contributed by atoms with Crippen LogP contribution in [-0.2, 0) is 12.4 Å². The van der Waals surface area contributed by atoms with Gasteiger partial charge in [-0.15, -0.1) is 0 Å². The first-order valence-corrected chi connectivity index (χ1v) is 24.9. The number of benzene rings is 13. The van der Waals surface area contributed by atoms with Crippen molar-refractivity contribution in [2.75, 3.05) is 9.80 Å². The van der Waals surface area contributed by atoms with Gasteiger partial charge >= 0.3 is 12.4 Å². The van der Waals surface area contributed by atoms with Gasteiger partial charge in [0, 0.05) is 34.1 Å². The smallest absolute Gasteiger partial charge is 0.310 e. The summed E-state index contributed by atoms with van der Waals surface area (Å²) in [5.41, 5.74) is 6.37. The average Bonchev–Trinajstić information content (AvgIpc) is 3.53. The van der Waals surface area contributed by atoms with Crippen LogP contribution in [0.3, 0.4) is 0 Å². The molecule has 0 aliphatic rings. The Balaban J connectivity index is 1.12. The molecule has 366 valence electrons. The van der Waals surface area contributed by atoms with Gasteiger partial charge in [0.1, 0.15) is 0 Å². The van der Waals surface area contributed by atoms with E-state index in [0.29, 0.717) is 22.3 Å². The van der Waals surface area contributed by atoms with Crippen LogP contribution in [0, 0.1) is 0 Å². The van der Waals surface area contributed by atoms with Crippen LogP contribution >= 0.6 is 0 Å². The number of alkyl halides is 6. The Bertz CT molecular complexity index is 4000. The van der Waals surface area contributed by atoms with Crippen molar-refractivity contribution in [2.45, 2.75) is 12.4 Å². The van der Waals surface area contributed by atoms with Crippen molar-refractivity contribution in [3.63, 3.8) is 0 Å². The highest BCUT2D eigenvalue weighted by Gasteiger charge is 2.32. The number of hydrogen-bond donors (Lipinski definition) is 0. The molecule has 13 aromatic carbocycles. The molecule has 0 spiro atoms. The number of anilines is 6. The summed E-state index contributed by atoms with van der Waals surface area (Å²) in [5, 5.41) is 11.2. The van der Waals surface area contributed by atoms with Crippen LogP contribution in [0.4, 0.5) is 60.5 Å². The van der Waals surface area contributed by atoms with E-state index in [2.05, 4.69) is 107 Å². The van der Waals surface area contributed by atoms with Crippen LogP contribution in [0.2, 0.25) is 0 Å². The van der Waals surface area contributed by atoms with Crippen LogP contribution in [0.1, 0.15) is 11.1 Å². The zero-order valence-electron chi connectivity index (χ0n) is 40.4. The van der Waals surface area contributed by atoms with Gasteiger partial charge in [0.2, 0.25) is 0 Å². The fourth-order valence-corrected chi connectivity index (χ4v) is 11.1. The largest absolute Gasteiger partial charge is 0.416 e. The van der Waals surface area contributed by atoms with E-state index < -0.39 is 23.5 Å². The third kappa shape index (κ3) is 8.19. The molecule has 0 saturated heterocycles. The Hall–Kier alpha value is -9.40. The first-order valence-electron chi connectivity index (χ1n) is 24.9. The maximum absolute atomic E-state index is 14.2. The predicted molar refractivity (Wildman–Crippen MR) is 302 cm³/mol. The first-order chi connectivity index (χ1) is 36.9. The molecule has 8 heteroatoms. The molecule has 0 aliphatic carbocycles. The predicted octanol–water partition coefficient (Wildman–Crippen LogP) is 20.9. The van der Waals surface area contributed by atoms with Crippen molar-refractivity contribution in [1.82, 2.24) is 0 Å². The number of rotatable bonds is 8. The van der Waals surface area contributed by atoms with Gasteiger partial charge in [0.25, 0.3) is 0 Å². The van der Waals surface area contributed by atoms with Gasteiger partial charge in [-0.25, -0.2) is 0 Å². The van der Waals surface area contributed by atoms with Crippen LogP contribution in [0.25, 0.3) is 86.9 Å². The molecule has 0 fully saturated rings. The van der Waals surface area contributed by atoms with Crippen molar-refractivity contribution in [3.8, 4) is 22.3 Å². The minimum Gasteiger partial charge on any atom is -0.310 e. The summed E-state index contributed by atoms with van der Waals surface area (Å²) in [5.74, 6) is 0. The molecule has 13 rings (SSSR count). The fourth-order valence-electron chi connectivity index (χ4n) is 11.1. The Morgan fingerprint density at radius 3 is 0.789 bits per heavy atom. The lowest BCUT2D eigenvalue weighted by atomic mass is 9.86. The SMILES string of the molecule is FC(F)(F)c1cccc(-c2ccc3c(c2)c2cc(N(c4ccccc4)c4ccccc4)ccc2c2cc4c5ccc(-c6cccc(C(F)(F)F)c6)cc5c5cc(N(c6ccccc6)c6ccccc6)ccc5c4cc32)c1. The third-order valence-corrected chi connectivity index (χ3v) is 14.6. The summed E-state index contributed by atoms with van der Waals surface area (Å²) >= 11 is 0. The molecule has 0 bridgehead atoms. The third-order valence-electron chi connectivity index (χ3n) is 14.6. The molecular formula is C68H42F6N2. The number of nitrogens with zero attached hydrogens (tertiary/aromatic N) is 2. The molecule has 0 aliphatic heterocycles. The zero-order valence-corrected chi connectivity index (χ0v) is 40.4. The molecule has 0 unspecified atom stereocenters. The minimum atomic E-state index is -4.51. The van der Waals surface area contributed by atoms with E-state index in [1.807, 2.05) is 109 Å². The van der Waals surface area contributed by atoms with E-state index in [-0.39, 0.29) is 0 Å². The topological polar surface area (TPSA) is 6.48 Å². The molecular weight excluding hydrogens is 959 g/mol. The van der Waals surface area contributed by atoms with Crippen molar-refractivity contribution < 1.29 is 26.3 Å². The second-order valence-corrected chi connectivity index (χ2v) is 19.1. The lowest BCUT2D eigenvalue weighted by Crippen LogP contribution is -2.09. The van der Waals surface area contributed by atoms with E-state index in [0.717, 1.165) is 111 Å². The van der Waals surface area contributed by atoms with Gasteiger partial charge < -0.3 is 9.80 Å². The van der Waals surface area contributed by atoms with E-state index >= 15 is 0 Å². The van der Waals surface area contributed by atoms with Gasteiger partial charge in [-0.3, -0.25) is 0 Å². The Morgan fingerprint density at radius 1 is 0.197 bits per heavy atom. The minimum absolute atomic E-state index is 0.452. The number of halogens is 6. The standard InChI is InChI=1S/C68H42F6N2/c69-67(70,71)47-17-13-15-43(35-47)45-27-31-55-59(37-45)61-39-53(75(49-19-5-1-6-20-49)50-21-7-2-8-22-50)29-33-57(61)65-41-64-56-32-28-46(44-16-14-18-48(36-44)68(72,73)74)38-60(56)62-40-54(30-34-58(62)66(64)42-63(55)65)76(51-23-9-3-10-24-51)52-25-11-4-12-26-52/h1-42H. The van der Waals surface area contributed by atoms with Gasteiger partial charge in [-0.2, -0.15) is 26.3 Å². The average molecular weight is 1000 g/mol. The summed E-state index contributed by atoms with van der Waals surface area (Å²) in [4.78, 5) is 4.39. The maximum atomic E-state index is 14.2. The van der Waals surface area contributed by atoms with Gasteiger partial charge in [-0.05, 0) is 208 Å². The van der Waals surface area contributed by atoms with Crippen LogP contribution in [0.15, 0.2) is 255 Å². The summed E-state index contributed by atoms with van der Waals surface area (Å²) in [6.07, 6.45) is -9.03. The molecule has 13 aromatic rings.